The first-order valence-electron chi connectivity index (χ1n) is 28.0. The van der Waals surface area contributed by atoms with Crippen molar-refractivity contribution in [2.45, 2.75) is 128 Å². The zero-order valence-electron chi connectivity index (χ0n) is 49.4. The van der Waals surface area contributed by atoms with Crippen LogP contribution in [0.4, 0.5) is 21.0 Å². The molecule has 474 valence electrons. The van der Waals surface area contributed by atoms with Crippen molar-refractivity contribution < 1.29 is 96.5 Å². The van der Waals surface area contributed by atoms with Crippen LogP contribution in [-0.4, -0.2) is 155 Å². The number of methoxy groups -OCH3 is 2. The van der Waals surface area contributed by atoms with Crippen LogP contribution in [0, 0.1) is 13.8 Å². The Morgan fingerprint density at radius 1 is 0.568 bits per heavy atom. The molecule has 2 aliphatic heterocycles. The van der Waals surface area contributed by atoms with E-state index in [1.54, 1.807) is 27.7 Å². The zero-order valence-corrected chi connectivity index (χ0v) is 49.4. The number of aromatic hydroxyl groups is 4. The third kappa shape index (κ3) is 14.1. The summed E-state index contributed by atoms with van der Waals surface area (Å²) in [5.41, 5.74) is 6.28. The fraction of sp³-hybridized carbons (Fsp3) is 0.433. The maximum absolute atomic E-state index is 13.5. The maximum atomic E-state index is 13.5. The molecule has 0 spiro atoms. The van der Waals surface area contributed by atoms with E-state index in [-0.39, 0.29) is 67.2 Å². The van der Waals surface area contributed by atoms with Gasteiger partial charge in [-0.05, 0) is 165 Å². The smallest absolute Gasteiger partial charge is 0.404 e. The first kappa shape index (κ1) is 65.2. The number of nitrogens with two attached hydrogens (primary N) is 2. The summed E-state index contributed by atoms with van der Waals surface area (Å²) in [5, 5.41) is 77.5. The zero-order chi connectivity index (χ0) is 64.1. The van der Waals surface area contributed by atoms with Gasteiger partial charge in [-0.3, -0.25) is 9.59 Å². The number of unbranched alkanes of at least 4 members (excludes halogenated alkanes) is 1. The van der Waals surface area contributed by atoms with Gasteiger partial charge in [0, 0.05) is 36.5 Å². The van der Waals surface area contributed by atoms with E-state index in [0.29, 0.717) is 50.1 Å². The minimum atomic E-state index is -1.57. The number of aliphatic hydroxyl groups is 2. The van der Waals surface area contributed by atoms with Gasteiger partial charge in [0.15, 0.2) is 47.3 Å². The summed E-state index contributed by atoms with van der Waals surface area (Å²) in [6, 6.07) is 13.9. The maximum Gasteiger partial charge on any atom is 0.404 e. The molecule has 4 amide bonds. The van der Waals surface area contributed by atoms with Crippen molar-refractivity contribution in [1.29, 1.82) is 0 Å². The lowest BCUT2D eigenvalue weighted by atomic mass is 9.89. The number of anilines is 2. The van der Waals surface area contributed by atoms with E-state index in [9.17, 15) is 59.4 Å². The van der Waals surface area contributed by atoms with E-state index in [1.165, 1.54) is 88.7 Å². The molecule has 0 bridgehead atoms. The number of aliphatic hydroxyl groups excluding tert-OH is 2. The van der Waals surface area contributed by atoms with Crippen molar-refractivity contribution in [2.24, 2.45) is 11.5 Å². The van der Waals surface area contributed by atoms with Gasteiger partial charge in [0.05, 0.1) is 22.0 Å². The molecule has 2 saturated heterocycles. The van der Waals surface area contributed by atoms with E-state index in [2.05, 4.69) is 21.3 Å². The standard InChI is InChI=1S/C60H72N6O22/c1-27-37(81-55-43(71)47(85-57(61)77)49(79-7)59(3,4)87-55)17-13-33-41(69)39(53(75)83-45(27)33)65-51(73)31-11-15-35(67)29(25-31)19-23-63-21-9-10-22-64-24-20-30-26-32(12-16-36(30)68)52(74)66-40-42(70)34-14-18-38(28(2)46(34)84-54(40)76)82-56-44(72)48(86-58(62)78)50(80-8)60(5,6)88-56/h11-18,25-26,43-44,47-50,55-56,63-64,67-72H,9-10,19-24H2,1-8H3,(H2,61,77)(H2,62,78)(H,65,73)(H,66,74)/t43-,44-,47+,48+,49-,50-,55-,56-/m1/s1. The Hall–Kier alpha value is -8.74. The highest BCUT2D eigenvalue weighted by atomic mass is 16.7. The summed E-state index contributed by atoms with van der Waals surface area (Å²) in [5.74, 6) is -2.67. The number of hydrogen-bond donors (Lipinski definition) is 12. The Balaban J connectivity index is 0.782. The molecule has 0 unspecified atom stereocenters. The largest absolute Gasteiger partial charge is 0.508 e. The van der Waals surface area contributed by atoms with Crippen LogP contribution < -0.4 is 53.5 Å². The van der Waals surface area contributed by atoms with E-state index < -0.39 is 119 Å². The Labute approximate surface area is 502 Å². The third-order valence-corrected chi connectivity index (χ3v) is 15.3. The average Bonchev–Trinajstić information content (AvgIpc) is 3.39. The topological polar surface area (TPSA) is 424 Å². The van der Waals surface area contributed by atoms with Crippen LogP contribution >= 0.6 is 0 Å². The Morgan fingerprint density at radius 3 is 1.30 bits per heavy atom. The fourth-order valence-electron chi connectivity index (χ4n) is 10.8. The van der Waals surface area contributed by atoms with E-state index in [0.717, 1.165) is 12.8 Å². The second-order valence-corrected chi connectivity index (χ2v) is 22.2. The predicted octanol–water partition coefficient (Wildman–Crippen LogP) is 4.29. The summed E-state index contributed by atoms with van der Waals surface area (Å²) < 4.78 is 56.3. The third-order valence-electron chi connectivity index (χ3n) is 15.3. The summed E-state index contributed by atoms with van der Waals surface area (Å²) in [4.78, 5) is 76.9. The number of phenolic OH excluding ortho intramolecular Hbond substituents is 2. The van der Waals surface area contributed by atoms with Gasteiger partial charge in [-0.1, -0.05) is 0 Å². The molecule has 28 heteroatoms. The number of fused-ring (bicyclic) bond motifs is 2. The van der Waals surface area contributed by atoms with Crippen LogP contribution in [0.3, 0.4) is 0 Å². The molecular formula is C60H72N6O22. The number of benzene rings is 4. The number of primary amides is 2. The quantitative estimate of drug-likeness (QED) is 0.0314. The number of nitrogens with one attached hydrogen (secondary N) is 4. The molecule has 8 atom stereocenters. The van der Waals surface area contributed by atoms with E-state index in [4.69, 9.17) is 58.2 Å². The second-order valence-electron chi connectivity index (χ2n) is 22.2. The molecule has 0 saturated carbocycles. The molecule has 8 rings (SSSR count). The van der Waals surface area contributed by atoms with Crippen molar-refractivity contribution in [3.05, 3.63) is 115 Å². The first-order chi connectivity index (χ1) is 41.7. The van der Waals surface area contributed by atoms with Crippen molar-refractivity contribution in [1.82, 2.24) is 10.6 Å². The lowest BCUT2D eigenvalue weighted by molar-refractivity contribution is -0.304. The van der Waals surface area contributed by atoms with Crippen LogP contribution in [0.25, 0.3) is 21.9 Å². The molecule has 0 radical (unpaired) electrons. The van der Waals surface area contributed by atoms with Gasteiger partial charge < -0.3 is 110 Å². The SMILES string of the molecule is CO[C@@H]1[C@@H](OC(N)=O)[C@@H](O)[C@H](Oc2ccc3c(O)c(NC(=O)c4ccc(O)c(CCNCCCCNCCc5cc(C(=O)Nc6c(O)c7ccc(O[C@@H]8OC(C)(C)[C@H](OC)[C@@H](OC(N)=O)[C@H]8O)c(C)c7oc6=O)ccc5O)c4)c(=O)oc3c2C)OC1(C)C. The van der Waals surface area contributed by atoms with Crippen LogP contribution in [0.5, 0.6) is 34.5 Å². The second kappa shape index (κ2) is 27.1. The van der Waals surface area contributed by atoms with Gasteiger partial charge in [0.25, 0.3) is 11.8 Å². The molecule has 28 nitrogen and oxygen atoms in total. The monoisotopic (exact) mass is 1230 g/mol. The number of hydrogen-bond acceptors (Lipinski definition) is 24. The van der Waals surface area contributed by atoms with Crippen LogP contribution in [0.15, 0.2) is 79.1 Å². The number of rotatable bonds is 23. The molecule has 88 heavy (non-hydrogen) atoms. The average molecular weight is 1230 g/mol. The minimum Gasteiger partial charge on any atom is -0.508 e. The number of ether oxygens (including phenoxy) is 8. The number of amides is 4. The van der Waals surface area contributed by atoms with Crippen molar-refractivity contribution in [3.8, 4) is 34.5 Å². The highest BCUT2D eigenvalue weighted by Crippen LogP contribution is 2.41. The number of carbonyl (C=O) groups is 4. The summed E-state index contributed by atoms with van der Waals surface area (Å²) in [7, 11) is 2.70. The van der Waals surface area contributed by atoms with Crippen molar-refractivity contribution in [3.63, 3.8) is 0 Å². The normalized spacial score (nSPS) is 21.3. The van der Waals surface area contributed by atoms with Crippen LogP contribution in [0.2, 0.25) is 0 Å². The fourth-order valence-corrected chi connectivity index (χ4v) is 10.8. The minimum absolute atomic E-state index is 0.0431. The van der Waals surface area contributed by atoms with Gasteiger partial charge in [0.2, 0.25) is 12.6 Å². The molecule has 4 aromatic carbocycles. The first-order valence-corrected chi connectivity index (χ1v) is 28.0. The molecule has 6 aromatic rings. The molecule has 2 aliphatic rings. The number of phenols is 2. The van der Waals surface area contributed by atoms with Gasteiger partial charge in [-0.15, -0.1) is 0 Å². The van der Waals surface area contributed by atoms with E-state index in [1.807, 2.05) is 0 Å². The van der Waals surface area contributed by atoms with Gasteiger partial charge >= 0.3 is 23.4 Å². The van der Waals surface area contributed by atoms with Gasteiger partial charge in [-0.25, -0.2) is 19.2 Å². The lowest BCUT2D eigenvalue weighted by Crippen LogP contribution is -2.65. The highest BCUT2D eigenvalue weighted by molar-refractivity contribution is 6.07. The summed E-state index contributed by atoms with van der Waals surface area (Å²) >= 11 is 0. The molecule has 2 aromatic heterocycles. The predicted molar refractivity (Wildman–Crippen MR) is 314 cm³/mol. The number of carbonyl (C=O) groups excluding carboxylic acids is 4. The van der Waals surface area contributed by atoms with Crippen molar-refractivity contribution in [2.75, 3.05) is 51.0 Å². The summed E-state index contributed by atoms with van der Waals surface area (Å²) in [6.45, 7) is 11.7. The van der Waals surface area contributed by atoms with Crippen LogP contribution in [-0.2, 0) is 41.3 Å². The summed E-state index contributed by atoms with van der Waals surface area (Å²) in [6.07, 6.45) is -10.5. The van der Waals surface area contributed by atoms with Crippen LogP contribution in [0.1, 0.15) is 83.5 Å². The highest BCUT2D eigenvalue weighted by Gasteiger charge is 2.54. The Bertz CT molecular complexity index is 3480. The van der Waals surface area contributed by atoms with Gasteiger partial charge in [-0.2, -0.15) is 0 Å². The Morgan fingerprint density at radius 2 is 0.943 bits per heavy atom. The molecule has 2 fully saturated rings. The molecular weight excluding hydrogens is 1160 g/mol. The van der Waals surface area contributed by atoms with E-state index >= 15 is 0 Å². The molecule has 14 N–H and O–H groups in total. The lowest BCUT2D eigenvalue weighted by Gasteiger charge is -2.47. The molecule has 0 aliphatic carbocycles. The van der Waals surface area contributed by atoms with Crippen molar-refractivity contribution >= 4 is 57.3 Å². The van der Waals surface area contributed by atoms with Gasteiger partial charge in [0.1, 0.15) is 46.4 Å². The number of aryl methyl sites for hydroxylation is 2. The Kier molecular flexibility index (Phi) is 20.1. The molecule has 4 heterocycles.